The second-order valence-corrected chi connectivity index (χ2v) is 5.18. The van der Waals surface area contributed by atoms with Crippen molar-refractivity contribution >= 4 is 11.9 Å². The van der Waals surface area contributed by atoms with Gasteiger partial charge in [0.2, 0.25) is 0 Å². The van der Waals surface area contributed by atoms with Gasteiger partial charge in [-0.2, -0.15) is 10.2 Å². The van der Waals surface area contributed by atoms with Crippen molar-refractivity contribution in [1.29, 1.82) is 0 Å². The predicted octanol–water partition coefficient (Wildman–Crippen LogP) is 1.15. The first-order chi connectivity index (χ1) is 11.0. The van der Waals surface area contributed by atoms with E-state index in [2.05, 4.69) is 10.2 Å². The lowest BCUT2D eigenvalue weighted by Gasteiger charge is -2.20. The zero-order chi connectivity index (χ0) is 17.0. The van der Waals surface area contributed by atoms with Gasteiger partial charge >= 0.3 is 5.97 Å². The average molecular weight is 319 g/mol. The highest BCUT2D eigenvalue weighted by Crippen LogP contribution is 2.13. The van der Waals surface area contributed by atoms with E-state index in [1.807, 2.05) is 31.6 Å². The minimum absolute atomic E-state index is 0.241. The molecule has 0 saturated heterocycles. The number of carbonyl (C=O) groups excluding carboxylic acids is 1. The topological polar surface area (TPSA) is 93.3 Å². The Morgan fingerprint density at radius 2 is 2.09 bits per heavy atom. The van der Waals surface area contributed by atoms with Crippen LogP contribution in [0.2, 0.25) is 0 Å². The minimum Gasteiger partial charge on any atom is -0.480 e. The summed E-state index contributed by atoms with van der Waals surface area (Å²) in [6.45, 7) is 7.17. The van der Waals surface area contributed by atoms with Gasteiger partial charge in [-0.25, -0.2) is 4.68 Å². The first kappa shape index (κ1) is 16.7. The van der Waals surface area contributed by atoms with E-state index in [-0.39, 0.29) is 18.1 Å². The summed E-state index contributed by atoms with van der Waals surface area (Å²) in [5.74, 6) is -1.28. The lowest BCUT2D eigenvalue weighted by atomic mass is 10.2. The third-order valence-electron chi connectivity index (χ3n) is 3.62. The summed E-state index contributed by atoms with van der Waals surface area (Å²) < 4.78 is 3.04. The molecular formula is C15H21N5O3. The molecule has 0 atom stereocenters. The van der Waals surface area contributed by atoms with Crippen LogP contribution in [-0.4, -0.2) is 48.0 Å². The molecule has 0 aliphatic rings. The number of hydrogen-bond donors (Lipinski definition) is 1. The van der Waals surface area contributed by atoms with E-state index in [0.29, 0.717) is 13.1 Å². The number of carboxylic acid groups (broad SMARTS) is 1. The van der Waals surface area contributed by atoms with Crippen LogP contribution in [0.4, 0.5) is 0 Å². The molecule has 2 heterocycles. The van der Waals surface area contributed by atoms with Crippen molar-refractivity contribution in [3.63, 3.8) is 0 Å². The van der Waals surface area contributed by atoms with Gasteiger partial charge < -0.3 is 10.0 Å². The Kier molecular flexibility index (Phi) is 5.15. The van der Waals surface area contributed by atoms with Crippen LogP contribution in [0.5, 0.6) is 0 Å². The van der Waals surface area contributed by atoms with Crippen molar-refractivity contribution in [1.82, 2.24) is 24.5 Å². The Morgan fingerprint density at radius 3 is 2.65 bits per heavy atom. The maximum Gasteiger partial charge on any atom is 0.325 e. The zero-order valence-electron chi connectivity index (χ0n) is 13.6. The smallest absolute Gasteiger partial charge is 0.325 e. The number of rotatable bonds is 7. The van der Waals surface area contributed by atoms with Crippen LogP contribution >= 0.6 is 0 Å². The first-order valence-electron chi connectivity index (χ1n) is 7.52. The molecule has 8 heteroatoms. The van der Waals surface area contributed by atoms with E-state index in [9.17, 15) is 9.59 Å². The highest BCUT2D eigenvalue weighted by molar-refractivity contribution is 5.92. The molecule has 2 aromatic rings. The molecule has 0 spiro atoms. The van der Waals surface area contributed by atoms with Gasteiger partial charge in [-0.1, -0.05) is 0 Å². The third kappa shape index (κ3) is 3.77. The second kappa shape index (κ2) is 7.08. The fourth-order valence-corrected chi connectivity index (χ4v) is 2.34. The van der Waals surface area contributed by atoms with Gasteiger partial charge in [0, 0.05) is 37.6 Å². The molecule has 0 radical (unpaired) electrons. The maximum absolute atomic E-state index is 12.7. The highest BCUT2D eigenvalue weighted by Gasteiger charge is 2.21. The molecule has 0 aromatic carbocycles. The zero-order valence-corrected chi connectivity index (χ0v) is 13.6. The Balaban J connectivity index is 2.20. The van der Waals surface area contributed by atoms with Crippen molar-refractivity contribution in [2.45, 2.75) is 40.4 Å². The number of aromatic nitrogens is 4. The van der Waals surface area contributed by atoms with E-state index in [1.54, 1.807) is 4.90 Å². The van der Waals surface area contributed by atoms with E-state index in [4.69, 9.17) is 5.11 Å². The van der Waals surface area contributed by atoms with Gasteiger partial charge in [-0.05, 0) is 26.8 Å². The maximum atomic E-state index is 12.7. The van der Waals surface area contributed by atoms with Gasteiger partial charge in [0.25, 0.3) is 5.91 Å². The Morgan fingerprint density at radius 1 is 1.35 bits per heavy atom. The predicted molar refractivity (Wildman–Crippen MR) is 82.9 cm³/mol. The SMILES string of the molecule is CCN(Cc1cn(CC)nc1C)C(=O)c1ccnn1CC(=O)O. The molecule has 0 aliphatic heterocycles. The summed E-state index contributed by atoms with van der Waals surface area (Å²) in [6, 6.07) is 1.54. The highest BCUT2D eigenvalue weighted by atomic mass is 16.4. The van der Waals surface area contributed by atoms with Crippen LogP contribution in [0.1, 0.15) is 35.6 Å². The summed E-state index contributed by atoms with van der Waals surface area (Å²) in [4.78, 5) is 25.2. The number of amides is 1. The Labute approximate surface area is 134 Å². The molecule has 2 aromatic heterocycles. The van der Waals surface area contributed by atoms with Crippen LogP contribution in [0.3, 0.4) is 0 Å². The van der Waals surface area contributed by atoms with Gasteiger partial charge in [-0.15, -0.1) is 0 Å². The van der Waals surface area contributed by atoms with Crippen LogP contribution in [-0.2, 0) is 24.4 Å². The van der Waals surface area contributed by atoms with Crippen molar-refractivity contribution in [3.8, 4) is 0 Å². The van der Waals surface area contributed by atoms with Crippen molar-refractivity contribution < 1.29 is 14.7 Å². The molecule has 1 amide bonds. The molecule has 0 bridgehead atoms. The summed E-state index contributed by atoms with van der Waals surface area (Å²) in [5.41, 5.74) is 2.14. The summed E-state index contributed by atoms with van der Waals surface area (Å²) in [6.07, 6.45) is 3.37. The van der Waals surface area contributed by atoms with Crippen LogP contribution in [0, 0.1) is 6.92 Å². The third-order valence-corrected chi connectivity index (χ3v) is 3.62. The normalized spacial score (nSPS) is 10.7. The van der Waals surface area contributed by atoms with Gasteiger partial charge in [0.05, 0.1) is 5.69 Å². The summed E-state index contributed by atoms with van der Waals surface area (Å²) in [5, 5.41) is 17.2. The molecular weight excluding hydrogens is 298 g/mol. The molecule has 8 nitrogen and oxygen atoms in total. The Bertz CT molecular complexity index is 704. The minimum atomic E-state index is -1.04. The number of aliphatic carboxylic acids is 1. The molecule has 124 valence electrons. The number of carboxylic acids is 1. The first-order valence-corrected chi connectivity index (χ1v) is 7.52. The number of nitrogens with zero attached hydrogens (tertiary/aromatic N) is 5. The van der Waals surface area contributed by atoms with Gasteiger partial charge in [0.1, 0.15) is 12.2 Å². The van der Waals surface area contributed by atoms with Gasteiger partial charge in [0.15, 0.2) is 0 Å². The molecule has 0 fully saturated rings. The molecule has 0 saturated carbocycles. The van der Waals surface area contributed by atoms with E-state index < -0.39 is 5.97 Å². The number of aryl methyl sites for hydroxylation is 2. The average Bonchev–Trinajstić information content (AvgIpc) is 3.10. The van der Waals surface area contributed by atoms with E-state index in [1.165, 1.54) is 16.9 Å². The van der Waals surface area contributed by atoms with Crippen molar-refractivity contribution in [2.24, 2.45) is 0 Å². The van der Waals surface area contributed by atoms with Crippen LogP contribution in [0.15, 0.2) is 18.5 Å². The number of carbonyl (C=O) groups is 2. The summed E-state index contributed by atoms with van der Waals surface area (Å²) in [7, 11) is 0. The molecule has 23 heavy (non-hydrogen) atoms. The molecule has 2 rings (SSSR count). The van der Waals surface area contributed by atoms with Crippen LogP contribution < -0.4 is 0 Å². The standard InChI is InChI=1S/C15H21N5O3/c1-4-18(8-12-9-19(5-2)17-11(12)3)15(23)13-6-7-16-20(13)10-14(21)22/h6-7,9H,4-5,8,10H2,1-3H3,(H,21,22). The largest absolute Gasteiger partial charge is 0.480 e. The fourth-order valence-electron chi connectivity index (χ4n) is 2.34. The van der Waals surface area contributed by atoms with E-state index >= 15 is 0 Å². The summed E-state index contributed by atoms with van der Waals surface area (Å²) >= 11 is 0. The monoisotopic (exact) mass is 319 g/mol. The van der Waals surface area contributed by atoms with Crippen molar-refractivity contribution in [2.75, 3.05) is 6.54 Å². The fraction of sp³-hybridized carbons (Fsp3) is 0.467. The van der Waals surface area contributed by atoms with Gasteiger partial charge in [-0.3, -0.25) is 14.3 Å². The number of hydrogen-bond acceptors (Lipinski definition) is 4. The lowest BCUT2D eigenvalue weighted by molar-refractivity contribution is -0.137. The molecule has 0 aliphatic carbocycles. The molecule has 0 unspecified atom stereocenters. The van der Waals surface area contributed by atoms with Crippen molar-refractivity contribution in [3.05, 3.63) is 35.4 Å². The Hall–Kier alpha value is -2.64. The van der Waals surface area contributed by atoms with Crippen LogP contribution in [0.25, 0.3) is 0 Å². The second-order valence-electron chi connectivity index (χ2n) is 5.18. The molecule has 1 N–H and O–H groups in total. The lowest BCUT2D eigenvalue weighted by Crippen LogP contribution is -2.32. The van der Waals surface area contributed by atoms with E-state index in [0.717, 1.165) is 17.8 Å². The quantitative estimate of drug-likeness (QED) is 0.826.